The maximum atomic E-state index is 12.7. The van der Waals surface area contributed by atoms with Gasteiger partial charge in [0.1, 0.15) is 11.6 Å². The van der Waals surface area contributed by atoms with E-state index in [2.05, 4.69) is 15.5 Å². The van der Waals surface area contributed by atoms with Crippen LogP contribution in [0.3, 0.4) is 0 Å². The number of benzene rings is 1. The highest BCUT2D eigenvalue weighted by Crippen LogP contribution is 2.23. The number of carbonyl (C=O) groups is 4. The minimum Gasteiger partial charge on any atom is -0.444 e. The summed E-state index contributed by atoms with van der Waals surface area (Å²) in [6, 6.07) is 6.50. The molecule has 10 heteroatoms. The molecule has 0 aliphatic carbocycles. The number of carbonyl (C=O) groups excluding carboxylic acids is 4. The van der Waals surface area contributed by atoms with E-state index in [0.29, 0.717) is 10.8 Å². The molecule has 0 bridgehead atoms. The quantitative estimate of drug-likeness (QED) is 0.729. The van der Waals surface area contributed by atoms with Crippen LogP contribution in [-0.4, -0.2) is 50.8 Å². The van der Waals surface area contributed by atoms with E-state index < -0.39 is 35.5 Å². The first-order valence-electron chi connectivity index (χ1n) is 8.83. The lowest BCUT2D eigenvalue weighted by atomic mass is 10.1. The van der Waals surface area contributed by atoms with Crippen molar-refractivity contribution in [3.05, 3.63) is 53.3 Å². The van der Waals surface area contributed by atoms with Crippen molar-refractivity contribution in [1.29, 1.82) is 0 Å². The Balaban J connectivity index is 1.75. The number of H-pyrrole nitrogens is 1. The molecular formula is C19H20N4O6. The summed E-state index contributed by atoms with van der Waals surface area (Å²) in [6.07, 6.45) is 0.623. The highest BCUT2D eigenvalue weighted by molar-refractivity contribution is 6.20. The number of hydrogen-bond acceptors (Lipinski definition) is 7. The normalized spacial score (nSPS) is 14.4. The van der Waals surface area contributed by atoms with Crippen LogP contribution in [0.25, 0.3) is 0 Å². The van der Waals surface area contributed by atoms with Gasteiger partial charge in [-0.2, -0.15) is 5.10 Å². The van der Waals surface area contributed by atoms with Crippen LogP contribution in [0.15, 0.2) is 36.5 Å². The van der Waals surface area contributed by atoms with E-state index in [1.54, 1.807) is 39.0 Å². The third-order valence-electron chi connectivity index (χ3n) is 3.90. The first kappa shape index (κ1) is 20.1. The predicted molar refractivity (Wildman–Crippen MR) is 98.5 cm³/mol. The molecule has 0 spiro atoms. The third-order valence-corrected chi connectivity index (χ3v) is 3.90. The average Bonchev–Trinajstić information content (AvgIpc) is 3.23. The molecule has 10 nitrogen and oxygen atoms in total. The molecule has 1 aromatic carbocycles. The number of alkyl carbamates (subject to hydrolysis) is 1. The molecule has 29 heavy (non-hydrogen) atoms. The Kier molecular flexibility index (Phi) is 5.35. The largest absolute Gasteiger partial charge is 0.444 e. The fourth-order valence-corrected chi connectivity index (χ4v) is 2.67. The van der Waals surface area contributed by atoms with Gasteiger partial charge in [-0.05, 0) is 39.0 Å². The number of hydroxylamine groups is 2. The minimum absolute atomic E-state index is 0.0127. The molecule has 3 amide bonds. The summed E-state index contributed by atoms with van der Waals surface area (Å²) < 4.78 is 5.17. The summed E-state index contributed by atoms with van der Waals surface area (Å²) in [5, 5.41) is 9.26. The summed E-state index contributed by atoms with van der Waals surface area (Å²) >= 11 is 0. The zero-order chi connectivity index (χ0) is 21.2. The number of ether oxygens (including phenoxy) is 1. The Bertz CT molecular complexity index is 913. The molecular weight excluding hydrogens is 380 g/mol. The van der Waals surface area contributed by atoms with Crippen molar-refractivity contribution in [2.75, 3.05) is 0 Å². The van der Waals surface area contributed by atoms with E-state index in [-0.39, 0.29) is 17.5 Å². The topological polar surface area (TPSA) is 131 Å². The maximum absolute atomic E-state index is 12.7. The van der Waals surface area contributed by atoms with Crippen molar-refractivity contribution in [1.82, 2.24) is 20.6 Å². The third kappa shape index (κ3) is 4.60. The Morgan fingerprint density at radius 2 is 1.76 bits per heavy atom. The minimum atomic E-state index is -1.23. The molecule has 152 valence electrons. The van der Waals surface area contributed by atoms with Crippen LogP contribution in [0.2, 0.25) is 0 Å². The lowest BCUT2D eigenvalue weighted by Crippen LogP contribution is -2.48. The molecule has 2 aromatic rings. The molecule has 1 aromatic heterocycles. The molecule has 0 radical (unpaired) electrons. The molecule has 0 fully saturated rings. The van der Waals surface area contributed by atoms with Crippen molar-refractivity contribution in [2.45, 2.75) is 38.8 Å². The van der Waals surface area contributed by atoms with Gasteiger partial charge in [0.05, 0.1) is 11.1 Å². The number of nitrogens with zero attached hydrogens (tertiary/aromatic N) is 2. The Hall–Kier alpha value is -3.69. The van der Waals surface area contributed by atoms with Crippen molar-refractivity contribution >= 4 is 23.9 Å². The van der Waals surface area contributed by atoms with E-state index in [9.17, 15) is 19.2 Å². The Morgan fingerprint density at radius 1 is 1.14 bits per heavy atom. The highest BCUT2D eigenvalue weighted by atomic mass is 16.7. The Labute approximate surface area is 166 Å². The van der Waals surface area contributed by atoms with Gasteiger partial charge in [0.25, 0.3) is 11.8 Å². The molecule has 0 saturated heterocycles. The molecule has 1 unspecified atom stereocenters. The zero-order valence-corrected chi connectivity index (χ0v) is 16.1. The van der Waals surface area contributed by atoms with E-state index in [4.69, 9.17) is 9.57 Å². The van der Waals surface area contributed by atoms with Crippen LogP contribution < -0.4 is 5.32 Å². The van der Waals surface area contributed by atoms with Crippen LogP contribution in [0, 0.1) is 0 Å². The second-order valence-electron chi connectivity index (χ2n) is 7.35. The first-order chi connectivity index (χ1) is 13.7. The number of fused-ring (bicyclic) bond motifs is 1. The fraction of sp³-hybridized carbons (Fsp3) is 0.316. The number of hydrogen-bond donors (Lipinski definition) is 2. The second-order valence-corrected chi connectivity index (χ2v) is 7.35. The van der Waals surface area contributed by atoms with Gasteiger partial charge >= 0.3 is 12.1 Å². The summed E-state index contributed by atoms with van der Waals surface area (Å²) in [6.45, 7) is 5.02. The van der Waals surface area contributed by atoms with Crippen LogP contribution >= 0.6 is 0 Å². The standard InChI is InChI=1S/C19H20N4O6/c1-19(2,3)28-18(27)21-14(10-11-8-9-20-22-11)17(26)29-23-15(24)12-6-4-5-7-13(12)16(23)25/h4-9,14H,10H2,1-3H3,(H,20,22)(H,21,27). The SMILES string of the molecule is CC(C)(C)OC(=O)NC(Cc1ccn[nH]1)C(=O)ON1C(=O)c2ccccc2C1=O. The molecule has 1 aliphatic heterocycles. The summed E-state index contributed by atoms with van der Waals surface area (Å²) in [5.74, 6) is -2.51. The molecule has 1 aliphatic rings. The maximum Gasteiger partial charge on any atom is 0.408 e. The van der Waals surface area contributed by atoms with Gasteiger partial charge in [-0.1, -0.05) is 17.2 Å². The van der Waals surface area contributed by atoms with Crippen molar-refractivity contribution in [3.8, 4) is 0 Å². The van der Waals surface area contributed by atoms with Crippen molar-refractivity contribution < 1.29 is 28.8 Å². The number of rotatable bonds is 5. The van der Waals surface area contributed by atoms with Crippen molar-refractivity contribution in [2.24, 2.45) is 0 Å². The van der Waals surface area contributed by atoms with E-state index in [1.165, 1.54) is 18.3 Å². The van der Waals surface area contributed by atoms with Gasteiger partial charge < -0.3 is 14.9 Å². The number of amides is 3. The molecule has 2 heterocycles. The lowest BCUT2D eigenvalue weighted by Gasteiger charge is -2.23. The lowest BCUT2D eigenvalue weighted by molar-refractivity contribution is -0.171. The summed E-state index contributed by atoms with van der Waals surface area (Å²) in [4.78, 5) is 54.7. The van der Waals surface area contributed by atoms with Gasteiger partial charge in [-0.25, -0.2) is 9.59 Å². The molecule has 1 atom stereocenters. The number of aromatic nitrogens is 2. The van der Waals surface area contributed by atoms with Crippen LogP contribution in [0.5, 0.6) is 0 Å². The monoisotopic (exact) mass is 400 g/mol. The van der Waals surface area contributed by atoms with Crippen LogP contribution in [0.1, 0.15) is 47.2 Å². The highest BCUT2D eigenvalue weighted by Gasteiger charge is 2.40. The predicted octanol–water partition coefficient (Wildman–Crippen LogP) is 1.60. The molecule has 2 N–H and O–H groups in total. The average molecular weight is 400 g/mol. The van der Waals surface area contributed by atoms with E-state index >= 15 is 0 Å². The second kappa shape index (κ2) is 7.74. The van der Waals surface area contributed by atoms with Gasteiger partial charge in [-0.3, -0.25) is 14.7 Å². The summed E-state index contributed by atoms with van der Waals surface area (Å²) in [5.41, 5.74) is 0.0195. The van der Waals surface area contributed by atoms with E-state index in [0.717, 1.165) is 0 Å². The fourth-order valence-electron chi connectivity index (χ4n) is 2.67. The smallest absolute Gasteiger partial charge is 0.408 e. The summed E-state index contributed by atoms with van der Waals surface area (Å²) in [7, 11) is 0. The van der Waals surface area contributed by atoms with Crippen molar-refractivity contribution in [3.63, 3.8) is 0 Å². The van der Waals surface area contributed by atoms with Crippen LogP contribution in [-0.2, 0) is 20.8 Å². The van der Waals surface area contributed by atoms with Crippen LogP contribution in [0.4, 0.5) is 4.79 Å². The van der Waals surface area contributed by atoms with Gasteiger partial charge in [-0.15, -0.1) is 0 Å². The zero-order valence-electron chi connectivity index (χ0n) is 16.1. The molecule has 3 rings (SSSR count). The molecule has 0 saturated carbocycles. The van der Waals surface area contributed by atoms with Gasteiger partial charge in [0.15, 0.2) is 0 Å². The number of imide groups is 1. The first-order valence-corrected chi connectivity index (χ1v) is 8.83. The van der Waals surface area contributed by atoms with E-state index in [1.807, 2.05) is 0 Å². The number of aromatic amines is 1. The number of nitrogens with one attached hydrogen (secondary N) is 2. The van der Waals surface area contributed by atoms with Gasteiger partial charge in [0.2, 0.25) is 0 Å². The Morgan fingerprint density at radius 3 is 2.28 bits per heavy atom. The van der Waals surface area contributed by atoms with Gasteiger partial charge in [0, 0.05) is 18.3 Å².